The minimum absolute atomic E-state index is 0.175. The number of nitrogens with zero attached hydrogens (tertiary/aromatic N) is 1. The van der Waals surface area contributed by atoms with E-state index in [9.17, 15) is 24.5 Å². The molecule has 0 bridgehead atoms. The number of nitro groups is 1. The highest BCUT2D eigenvalue weighted by Gasteiger charge is 2.20. The van der Waals surface area contributed by atoms with Crippen LogP contribution in [0, 0.1) is 10.1 Å². The summed E-state index contributed by atoms with van der Waals surface area (Å²) in [6.07, 6.45) is 0. The topological polar surface area (TPSA) is 142 Å². The number of hydrazine groups is 1. The van der Waals surface area contributed by atoms with Crippen LogP contribution in [0.5, 0.6) is 0 Å². The van der Waals surface area contributed by atoms with Crippen molar-refractivity contribution in [3.8, 4) is 0 Å². The summed E-state index contributed by atoms with van der Waals surface area (Å²) in [4.78, 5) is 47.0. The first-order valence-electron chi connectivity index (χ1n) is 9.46. The molecule has 0 unspecified atom stereocenters. The van der Waals surface area contributed by atoms with E-state index in [0.717, 1.165) is 0 Å². The molecule has 3 rings (SSSR count). The Balaban J connectivity index is 1.52. The van der Waals surface area contributed by atoms with Crippen LogP contribution in [0.25, 0.3) is 0 Å². The predicted octanol–water partition coefficient (Wildman–Crippen LogP) is 2.80. The highest BCUT2D eigenvalue weighted by molar-refractivity contribution is 7.80. The molecule has 0 aromatic heterocycles. The van der Waals surface area contributed by atoms with E-state index in [1.54, 1.807) is 42.5 Å². The molecule has 0 atom stereocenters. The number of amides is 3. The van der Waals surface area contributed by atoms with Crippen molar-refractivity contribution in [1.82, 2.24) is 16.2 Å². The minimum Gasteiger partial charge on any atom is -0.322 e. The summed E-state index contributed by atoms with van der Waals surface area (Å²) in [5.74, 6) is -1.64. The maximum absolute atomic E-state index is 12.3. The molecule has 0 fully saturated rings. The van der Waals surface area contributed by atoms with Crippen molar-refractivity contribution >= 4 is 46.4 Å². The van der Waals surface area contributed by atoms with Crippen LogP contribution < -0.4 is 21.5 Å². The quantitative estimate of drug-likeness (QED) is 0.259. The number of benzene rings is 3. The summed E-state index contributed by atoms with van der Waals surface area (Å²) in [5, 5.41) is 15.8. The van der Waals surface area contributed by atoms with Gasteiger partial charge in [-0.1, -0.05) is 30.3 Å². The Morgan fingerprint density at radius 3 is 2.00 bits per heavy atom. The minimum atomic E-state index is -0.799. The monoisotopic (exact) mass is 463 g/mol. The first kappa shape index (κ1) is 23.0. The lowest BCUT2D eigenvalue weighted by molar-refractivity contribution is -0.385. The Bertz CT molecular complexity index is 1220. The molecule has 11 heteroatoms. The number of nitrogens with one attached hydrogen (secondary N) is 4. The fraction of sp³-hybridized carbons (Fsp3) is 0. The number of hydrogen-bond acceptors (Lipinski definition) is 6. The fourth-order valence-electron chi connectivity index (χ4n) is 2.71. The van der Waals surface area contributed by atoms with Crippen molar-refractivity contribution in [1.29, 1.82) is 0 Å². The molecule has 0 spiro atoms. The van der Waals surface area contributed by atoms with E-state index in [2.05, 4.69) is 21.5 Å². The van der Waals surface area contributed by atoms with Crippen molar-refractivity contribution in [2.75, 3.05) is 5.32 Å². The second-order valence-electron chi connectivity index (χ2n) is 6.53. The number of rotatable bonds is 5. The average molecular weight is 463 g/mol. The van der Waals surface area contributed by atoms with Gasteiger partial charge in [-0.25, -0.2) is 0 Å². The van der Waals surface area contributed by atoms with Crippen molar-refractivity contribution in [2.24, 2.45) is 0 Å². The third-order valence-electron chi connectivity index (χ3n) is 4.30. The van der Waals surface area contributed by atoms with E-state index in [4.69, 9.17) is 12.2 Å². The van der Waals surface area contributed by atoms with E-state index in [1.165, 1.54) is 36.4 Å². The van der Waals surface area contributed by atoms with Crippen LogP contribution in [0.3, 0.4) is 0 Å². The number of carbonyl (C=O) groups is 3. The van der Waals surface area contributed by atoms with Gasteiger partial charge in [0.05, 0.1) is 4.92 Å². The zero-order valence-corrected chi connectivity index (χ0v) is 17.7. The highest BCUT2D eigenvalue weighted by Crippen LogP contribution is 2.17. The average Bonchev–Trinajstić information content (AvgIpc) is 2.83. The van der Waals surface area contributed by atoms with E-state index in [0.29, 0.717) is 11.3 Å². The molecule has 10 nitrogen and oxygen atoms in total. The first-order chi connectivity index (χ1) is 15.8. The second kappa shape index (κ2) is 10.6. The van der Waals surface area contributed by atoms with Crippen molar-refractivity contribution < 1.29 is 19.3 Å². The number of nitro benzene ring substituents is 1. The van der Waals surface area contributed by atoms with Gasteiger partial charge >= 0.3 is 0 Å². The van der Waals surface area contributed by atoms with E-state index in [1.807, 2.05) is 0 Å². The zero-order valence-electron chi connectivity index (χ0n) is 16.9. The number of thiocarbonyl (C=S) groups is 1. The largest absolute Gasteiger partial charge is 0.322 e. The molecule has 4 N–H and O–H groups in total. The second-order valence-corrected chi connectivity index (χ2v) is 6.94. The van der Waals surface area contributed by atoms with Crippen LogP contribution in [0.2, 0.25) is 0 Å². The normalized spacial score (nSPS) is 9.94. The summed E-state index contributed by atoms with van der Waals surface area (Å²) in [5.41, 5.74) is 5.38. The summed E-state index contributed by atoms with van der Waals surface area (Å²) in [6.45, 7) is 0. The molecular formula is C22H17N5O5S. The van der Waals surface area contributed by atoms with Gasteiger partial charge in [0.1, 0.15) is 5.56 Å². The third-order valence-corrected chi connectivity index (χ3v) is 4.51. The number of para-hydroxylation sites is 1. The van der Waals surface area contributed by atoms with Crippen LogP contribution >= 0.6 is 12.2 Å². The van der Waals surface area contributed by atoms with Crippen molar-refractivity contribution in [3.63, 3.8) is 0 Å². The summed E-state index contributed by atoms with van der Waals surface area (Å²) in [7, 11) is 0. The van der Waals surface area contributed by atoms with Crippen LogP contribution in [0.4, 0.5) is 11.4 Å². The van der Waals surface area contributed by atoms with Gasteiger partial charge in [-0.05, 0) is 54.7 Å². The van der Waals surface area contributed by atoms with Gasteiger partial charge in [-0.15, -0.1) is 0 Å². The van der Waals surface area contributed by atoms with Gasteiger partial charge in [-0.3, -0.25) is 40.7 Å². The number of anilines is 1. The fourth-order valence-corrected chi connectivity index (χ4v) is 2.85. The SMILES string of the molecule is O=C(NNC(=S)NC(=O)c1ccccc1[N+](=O)[O-])c1ccc(NC(=O)c2ccccc2)cc1. The Hall–Kier alpha value is -4.64. The van der Waals surface area contributed by atoms with Gasteiger partial charge in [-0.2, -0.15) is 0 Å². The maximum atomic E-state index is 12.3. The molecule has 33 heavy (non-hydrogen) atoms. The van der Waals surface area contributed by atoms with Gasteiger partial charge in [0.25, 0.3) is 23.4 Å². The van der Waals surface area contributed by atoms with Crippen LogP contribution in [-0.4, -0.2) is 27.8 Å². The van der Waals surface area contributed by atoms with E-state index >= 15 is 0 Å². The summed E-state index contributed by atoms with van der Waals surface area (Å²) >= 11 is 4.95. The van der Waals surface area contributed by atoms with Crippen molar-refractivity contribution in [3.05, 3.63) is 106 Å². The molecule has 0 aliphatic heterocycles. The molecule has 0 saturated heterocycles. The molecule has 166 valence electrons. The Morgan fingerprint density at radius 1 is 0.727 bits per heavy atom. The van der Waals surface area contributed by atoms with E-state index < -0.39 is 16.7 Å². The zero-order chi connectivity index (χ0) is 23.8. The van der Waals surface area contributed by atoms with E-state index in [-0.39, 0.29) is 27.8 Å². The smallest absolute Gasteiger partial charge is 0.282 e. The summed E-state index contributed by atoms with van der Waals surface area (Å²) in [6, 6.07) is 20.2. The van der Waals surface area contributed by atoms with Crippen LogP contribution in [0.1, 0.15) is 31.1 Å². The summed E-state index contributed by atoms with van der Waals surface area (Å²) < 4.78 is 0. The van der Waals surface area contributed by atoms with Gasteiger partial charge in [0, 0.05) is 22.9 Å². The van der Waals surface area contributed by atoms with Gasteiger partial charge < -0.3 is 5.32 Å². The van der Waals surface area contributed by atoms with Gasteiger partial charge in [0.2, 0.25) is 0 Å². The molecule has 3 aromatic rings. The predicted molar refractivity (Wildman–Crippen MR) is 125 cm³/mol. The molecule has 0 heterocycles. The lowest BCUT2D eigenvalue weighted by Crippen LogP contribution is -2.48. The lowest BCUT2D eigenvalue weighted by Gasteiger charge is -2.11. The standard InChI is InChI=1S/C22H17N5O5S/c28-19(14-6-2-1-3-7-14)23-16-12-10-15(11-13-16)20(29)25-26-22(33)24-21(30)17-8-4-5-9-18(17)27(31)32/h1-13H,(H,23,28)(H,25,29)(H2,24,26,30,33). The van der Waals surface area contributed by atoms with Gasteiger partial charge in [0.15, 0.2) is 5.11 Å². The van der Waals surface area contributed by atoms with Crippen molar-refractivity contribution in [2.45, 2.75) is 0 Å². The number of hydrogen-bond donors (Lipinski definition) is 4. The Kier molecular flexibility index (Phi) is 7.39. The molecule has 0 saturated carbocycles. The molecular weight excluding hydrogens is 446 g/mol. The maximum Gasteiger partial charge on any atom is 0.282 e. The number of carbonyl (C=O) groups excluding carboxylic acids is 3. The Labute approximate surface area is 193 Å². The third kappa shape index (κ3) is 6.18. The highest BCUT2D eigenvalue weighted by atomic mass is 32.1. The lowest BCUT2D eigenvalue weighted by atomic mass is 10.1. The first-order valence-corrected chi connectivity index (χ1v) is 9.87. The molecule has 0 radical (unpaired) electrons. The van der Waals surface area contributed by atoms with Crippen LogP contribution in [-0.2, 0) is 0 Å². The van der Waals surface area contributed by atoms with Crippen LogP contribution in [0.15, 0.2) is 78.9 Å². The molecule has 0 aliphatic rings. The molecule has 0 aliphatic carbocycles. The molecule has 3 amide bonds. The Morgan fingerprint density at radius 2 is 1.33 bits per heavy atom. The molecule has 3 aromatic carbocycles.